The molecule has 0 rings (SSSR count). The summed E-state index contributed by atoms with van der Waals surface area (Å²) in [6, 6.07) is 0. The second-order valence-corrected chi connectivity index (χ2v) is 4.09. The molecule has 80 valence electrons. The van der Waals surface area contributed by atoms with E-state index in [9.17, 15) is 0 Å². The van der Waals surface area contributed by atoms with Gasteiger partial charge in [0.1, 0.15) is 0 Å². The largest absolute Gasteiger partial charge is 0.310 e. The highest BCUT2D eigenvalue weighted by Crippen LogP contribution is 2.13. The van der Waals surface area contributed by atoms with Gasteiger partial charge >= 0.3 is 0 Å². The molecule has 0 bridgehead atoms. The Balaban J connectivity index is 3.85. The number of hydrogen-bond acceptors (Lipinski definition) is 2. The van der Waals surface area contributed by atoms with Gasteiger partial charge in [-0.2, -0.15) is 0 Å². The Hall–Kier alpha value is -0.920. The van der Waals surface area contributed by atoms with Crippen molar-refractivity contribution in [1.29, 1.82) is 10.8 Å². The molecule has 0 aliphatic rings. The van der Waals surface area contributed by atoms with Crippen LogP contribution in [0, 0.1) is 16.7 Å². The minimum atomic E-state index is 0.555. The molecular weight excluding hydrogens is 172 g/mol. The molecule has 0 aromatic carbocycles. The van der Waals surface area contributed by atoms with Crippen molar-refractivity contribution < 1.29 is 0 Å². The van der Waals surface area contributed by atoms with Crippen LogP contribution in [0.25, 0.3) is 0 Å². The second kappa shape index (κ2) is 6.52. The molecule has 0 radical (unpaired) electrons. The van der Waals surface area contributed by atoms with Crippen LogP contribution in [0.1, 0.15) is 46.5 Å². The van der Waals surface area contributed by atoms with E-state index >= 15 is 0 Å². The number of rotatable bonds is 7. The van der Waals surface area contributed by atoms with Crippen molar-refractivity contribution in [2.75, 3.05) is 0 Å². The van der Waals surface area contributed by atoms with Gasteiger partial charge in [-0.15, -0.1) is 0 Å². The fourth-order valence-corrected chi connectivity index (χ4v) is 1.20. The van der Waals surface area contributed by atoms with Crippen LogP contribution in [0.3, 0.4) is 0 Å². The van der Waals surface area contributed by atoms with E-state index in [0.717, 1.165) is 18.4 Å². The van der Waals surface area contributed by atoms with E-state index in [1.807, 2.05) is 0 Å². The molecule has 1 atom stereocenters. The zero-order valence-electron chi connectivity index (χ0n) is 9.61. The monoisotopic (exact) mass is 194 g/mol. The third-order valence-corrected chi connectivity index (χ3v) is 2.49. The minimum Gasteiger partial charge on any atom is -0.310 e. The van der Waals surface area contributed by atoms with Crippen molar-refractivity contribution in [3.05, 3.63) is 12.2 Å². The van der Waals surface area contributed by atoms with Gasteiger partial charge < -0.3 is 10.8 Å². The lowest BCUT2D eigenvalue weighted by atomic mass is 9.96. The Morgan fingerprint density at radius 2 is 1.93 bits per heavy atom. The Labute approximate surface area is 87.4 Å². The first kappa shape index (κ1) is 13.1. The van der Waals surface area contributed by atoms with Crippen LogP contribution in [0.15, 0.2) is 12.2 Å². The highest BCUT2D eigenvalue weighted by Gasteiger charge is 2.06. The average Bonchev–Trinajstić information content (AvgIpc) is 2.12. The molecule has 0 heterocycles. The lowest BCUT2D eigenvalue weighted by Crippen LogP contribution is -2.06. The molecule has 0 fully saturated rings. The zero-order valence-corrected chi connectivity index (χ0v) is 9.61. The molecule has 0 aromatic heterocycles. The van der Waals surface area contributed by atoms with Crippen LogP contribution in [0.4, 0.5) is 0 Å². The third kappa shape index (κ3) is 5.68. The van der Waals surface area contributed by atoms with Gasteiger partial charge in [-0.25, -0.2) is 0 Å². The van der Waals surface area contributed by atoms with Crippen LogP contribution in [-0.4, -0.2) is 11.4 Å². The third-order valence-electron chi connectivity index (χ3n) is 2.49. The number of nitrogens with one attached hydrogen (secondary N) is 2. The van der Waals surface area contributed by atoms with E-state index in [4.69, 9.17) is 10.8 Å². The predicted octanol–water partition coefficient (Wildman–Crippen LogP) is 3.82. The predicted molar refractivity (Wildman–Crippen MR) is 63.6 cm³/mol. The molecule has 0 saturated heterocycles. The molecule has 0 aromatic rings. The summed E-state index contributed by atoms with van der Waals surface area (Å²) in [5.74, 6) is 0.684. The molecule has 1 unspecified atom stereocenters. The minimum absolute atomic E-state index is 0.555. The van der Waals surface area contributed by atoms with E-state index in [0.29, 0.717) is 23.8 Å². The SMILES string of the molecule is C=C(CC(C)=N)C(=N)CCC(C)CC. The van der Waals surface area contributed by atoms with Gasteiger partial charge in [0.05, 0.1) is 0 Å². The smallest absolute Gasteiger partial charge is 0.0343 e. The second-order valence-electron chi connectivity index (χ2n) is 4.09. The molecule has 0 saturated carbocycles. The summed E-state index contributed by atoms with van der Waals surface area (Å²) in [6.07, 6.45) is 3.59. The summed E-state index contributed by atoms with van der Waals surface area (Å²) in [4.78, 5) is 0. The topological polar surface area (TPSA) is 47.7 Å². The summed E-state index contributed by atoms with van der Waals surface area (Å²) < 4.78 is 0. The Bertz CT molecular complexity index is 228. The van der Waals surface area contributed by atoms with Crippen LogP contribution in [0.2, 0.25) is 0 Å². The first-order valence-corrected chi connectivity index (χ1v) is 5.27. The van der Waals surface area contributed by atoms with E-state index in [1.54, 1.807) is 6.92 Å². The first-order valence-electron chi connectivity index (χ1n) is 5.27. The van der Waals surface area contributed by atoms with Gasteiger partial charge in [0.15, 0.2) is 0 Å². The van der Waals surface area contributed by atoms with Crippen molar-refractivity contribution in [2.24, 2.45) is 5.92 Å². The Morgan fingerprint density at radius 1 is 1.36 bits per heavy atom. The maximum absolute atomic E-state index is 7.76. The van der Waals surface area contributed by atoms with Gasteiger partial charge in [0, 0.05) is 17.8 Å². The standard InChI is InChI=1S/C12H22N2/c1-5-9(2)6-7-12(14)10(3)8-11(4)13/h9,13-14H,3,5-8H2,1-2,4H3. The molecule has 2 nitrogen and oxygen atoms in total. The number of hydrogen-bond donors (Lipinski definition) is 2. The summed E-state index contributed by atoms with van der Waals surface area (Å²) >= 11 is 0. The lowest BCUT2D eigenvalue weighted by Gasteiger charge is -2.10. The number of allylic oxidation sites excluding steroid dienone is 1. The quantitative estimate of drug-likeness (QED) is 0.579. The Morgan fingerprint density at radius 3 is 2.36 bits per heavy atom. The molecule has 14 heavy (non-hydrogen) atoms. The first-order chi connectivity index (χ1) is 6.47. The van der Waals surface area contributed by atoms with Gasteiger partial charge in [-0.3, -0.25) is 0 Å². The highest BCUT2D eigenvalue weighted by atomic mass is 14.4. The van der Waals surface area contributed by atoms with E-state index in [1.165, 1.54) is 6.42 Å². The van der Waals surface area contributed by atoms with Crippen LogP contribution >= 0.6 is 0 Å². The molecule has 2 heteroatoms. The Kier molecular flexibility index (Phi) is 6.09. The summed E-state index contributed by atoms with van der Waals surface area (Å²) in [6.45, 7) is 9.97. The van der Waals surface area contributed by atoms with Crippen LogP contribution < -0.4 is 0 Å². The summed E-state index contributed by atoms with van der Waals surface area (Å²) in [5, 5.41) is 15.1. The van der Waals surface area contributed by atoms with Gasteiger partial charge in [0.25, 0.3) is 0 Å². The maximum atomic E-state index is 7.76. The molecule has 2 N–H and O–H groups in total. The molecular formula is C12H22N2. The highest BCUT2D eigenvalue weighted by molar-refractivity contribution is 6.01. The lowest BCUT2D eigenvalue weighted by molar-refractivity contribution is 0.528. The average molecular weight is 194 g/mol. The summed E-state index contributed by atoms with van der Waals surface area (Å²) in [7, 11) is 0. The van der Waals surface area contributed by atoms with Crippen molar-refractivity contribution in [2.45, 2.75) is 46.5 Å². The van der Waals surface area contributed by atoms with E-state index < -0.39 is 0 Å². The normalized spacial score (nSPS) is 12.2. The van der Waals surface area contributed by atoms with E-state index in [-0.39, 0.29) is 0 Å². The molecule has 0 aliphatic carbocycles. The fourth-order valence-electron chi connectivity index (χ4n) is 1.20. The van der Waals surface area contributed by atoms with E-state index in [2.05, 4.69) is 20.4 Å². The van der Waals surface area contributed by atoms with Crippen molar-refractivity contribution in [3.8, 4) is 0 Å². The van der Waals surface area contributed by atoms with Crippen molar-refractivity contribution >= 4 is 11.4 Å². The molecule has 0 amide bonds. The van der Waals surface area contributed by atoms with Gasteiger partial charge in [0.2, 0.25) is 0 Å². The van der Waals surface area contributed by atoms with Crippen molar-refractivity contribution in [1.82, 2.24) is 0 Å². The van der Waals surface area contributed by atoms with Crippen molar-refractivity contribution in [3.63, 3.8) is 0 Å². The van der Waals surface area contributed by atoms with Gasteiger partial charge in [-0.05, 0) is 31.3 Å². The van der Waals surface area contributed by atoms with Crippen LogP contribution in [0.5, 0.6) is 0 Å². The maximum Gasteiger partial charge on any atom is 0.0343 e. The fraction of sp³-hybridized carbons (Fsp3) is 0.667. The molecule has 0 spiro atoms. The summed E-state index contributed by atoms with van der Waals surface area (Å²) in [5.41, 5.74) is 2.01. The zero-order chi connectivity index (χ0) is 11.1. The molecule has 0 aliphatic heterocycles. The van der Waals surface area contributed by atoms with Gasteiger partial charge in [-0.1, -0.05) is 26.8 Å². The van der Waals surface area contributed by atoms with Crippen LogP contribution in [-0.2, 0) is 0 Å².